The number of halogens is 1. The number of sulfonamides is 1. The quantitative estimate of drug-likeness (QED) is 0.831. The second-order valence-corrected chi connectivity index (χ2v) is 7.94. The molecule has 0 saturated carbocycles. The van der Waals surface area contributed by atoms with Crippen LogP contribution in [0.1, 0.15) is 29.2 Å². The van der Waals surface area contributed by atoms with Gasteiger partial charge < -0.3 is 0 Å². The number of hydrogen-bond donors (Lipinski definition) is 1. The Morgan fingerprint density at radius 2 is 1.73 bits per heavy atom. The van der Waals surface area contributed by atoms with E-state index in [-0.39, 0.29) is 0 Å². The maximum Gasteiger partial charge on any atom is 0.262 e. The zero-order valence-corrected chi connectivity index (χ0v) is 15.6. The minimum Gasteiger partial charge on any atom is -0.279 e. The van der Waals surface area contributed by atoms with E-state index in [2.05, 4.69) is 20.7 Å². The number of para-hydroxylation sites is 1. The van der Waals surface area contributed by atoms with Crippen molar-refractivity contribution < 1.29 is 8.42 Å². The summed E-state index contributed by atoms with van der Waals surface area (Å²) in [4.78, 5) is 0.318. The average Bonchev–Trinajstić information content (AvgIpc) is 2.44. The number of anilines is 1. The maximum absolute atomic E-state index is 12.8. The third-order valence-electron chi connectivity index (χ3n) is 3.72. The molecule has 118 valence electrons. The Hall–Kier alpha value is -1.33. The molecule has 0 amide bonds. The van der Waals surface area contributed by atoms with Crippen molar-refractivity contribution in [1.82, 2.24) is 0 Å². The lowest BCUT2D eigenvalue weighted by Gasteiger charge is -2.16. The predicted octanol–water partition coefficient (Wildman–Crippen LogP) is 4.74. The lowest BCUT2D eigenvalue weighted by molar-refractivity contribution is 0.600. The summed E-state index contributed by atoms with van der Waals surface area (Å²) < 4.78 is 29.2. The average molecular weight is 382 g/mol. The molecular formula is C17H20BrNO2S. The molecule has 0 unspecified atom stereocenters. The fourth-order valence-corrected chi connectivity index (χ4v) is 4.35. The second kappa shape index (κ2) is 6.42. The lowest BCUT2D eigenvalue weighted by Crippen LogP contribution is -2.16. The minimum absolute atomic E-state index is 0.318. The van der Waals surface area contributed by atoms with Gasteiger partial charge in [0.05, 0.1) is 10.6 Å². The number of benzene rings is 2. The molecule has 0 bridgehead atoms. The molecule has 2 rings (SSSR count). The Bertz CT molecular complexity index is 814. The van der Waals surface area contributed by atoms with E-state index in [1.165, 1.54) is 0 Å². The Morgan fingerprint density at radius 3 is 2.36 bits per heavy atom. The first-order valence-corrected chi connectivity index (χ1v) is 9.42. The van der Waals surface area contributed by atoms with Crippen molar-refractivity contribution in [3.63, 3.8) is 0 Å². The van der Waals surface area contributed by atoms with Crippen LogP contribution in [0.5, 0.6) is 0 Å². The van der Waals surface area contributed by atoms with Crippen LogP contribution >= 0.6 is 15.9 Å². The van der Waals surface area contributed by atoms with Crippen LogP contribution < -0.4 is 4.72 Å². The first-order chi connectivity index (χ1) is 10.3. The van der Waals surface area contributed by atoms with Gasteiger partial charge in [0.2, 0.25) is 0 Å². The molecule has 0 radical (unpaired) electrons. The van der Waals surface area contributed by atoms with Crippen molar-refractivity contribution in [3.05, 3.63) is 57.1 Å². The predicted molar refractivity (Wildman–Crippen MR) is 95.0 cm³/mol. The van der Waals surface area contributed by atoms with E-state index < -0.39 is 10.0 Å². The van der Waals surface area contributed by atoms with Gasteiger partial charge in [-0.05, 0) is 61.6 Å². The minimum atomic E-state index is -3.61. The lowest BCUT2D eigenvalue weighted by atomic mass is 10.1. The molecule has 0 aliphatic carbocycles. The summed E-state index contributed by atoms with van der Waals surface area (Å²) in [7, 11) is -3.61. The van der Waals surface area contributed by atoms with Gasteiger partial charge in [-0.2, -0.15) is 0 Å². The molecule has 1 N–H and O–H groups in total. The van der Waals surface area contributed by atoms with Gasteiger partial charge >= 0.3 is 0 Å². The van der Waals surface area contributed by atoms with Gasteiger partial charge in [0.25, 0.3) is 10.0 Å². The van der Waals surface area contributed by atoms with Crippen LogP contribution in [0.15, 0.2) is 39.7 Å². The zero-order valence-electron chi connectivity index (χ0n) is 13.2. The van der Waals surface area contributed by atoms with E-state index in [1.807, 2.05) is 45.0 Å². The number of aryl methyl sites for hydroxylation is 4. The summed E-state index contributed by atoms with van der Waals surface area (Å²) in [5.41, 5.74) is 4.22. The summed E-state index contributed by atoms with van der Waals surface area (Å²) in [6, 6.07) is 9.34. The molecule has 0 fully saturated rings. The Labute approximate surface area is 140 Å². The molecule has 0 aliphatic rings. The SMILES string of the molecule is CCc1cccc(C)c1NS(=O)(=O)c1cc(C)c(Br)cc1C. The molecule has 22 heavy (non-hydrogen) atoms. The molecule has 0 spiro atoms. The Morgan fingerprint density at radius 1 is 1.05 bits per heavy atom. The molecule has 5 heteroatoms. The monoisotopic (exact) mass is 381 g/mol. The molecule has 0 saturated heterocycles. The standard InChI is InChI=1S/C17H20BrNO2S/c1-5-14-8-6-7-11(2)17(14)19-22(20,21)16-10-12(3)15(18)9-13(16)4/h6-10,19H,5H2,1-4H3. The maximum atomic E-state index is 12.8. The summed E-state index contributed by atoms with van der Waals surface area (Å²) in [6.07, 6.45) is 0.776. The molecule has 3 nitrogen and oxygen atoms in total. The van der Waals surface area contributed by atoms with E-state index >= 15 is 0 Å². The highest BCUT2D eigenvalue weighted by Crippen LogP contribution is 2.28. The highest BCUT2D eigenvalue weighted by atomic mass is 79.9. The molecule has 2 aromatic carbocycles. The van der Waals surface area contributed by atoms with Crippen LogP contribution in [0.4, 0.5) is 5.69 Å². The van der Waals surface area contributed by atoms with E-state index in [0.717, 1.165) is 33.1 Å². The van der Waals surface area contributed by atoms with Crippen LogP contribution in [-0.2, 0) is 16.4 Å². The van der Waals surface area contributed by atoms with Crippen molar-refractivity contribution in [2.45, 2.75) is 39.0 Å². The largest absolute Gasteiger partial charge is 0.279 e. The van der Waals surface area contributed by atoms with Crippen molar-refractivity contribution >= 4 is 31.6 Å². The first kappa shape index (κ1) is 17.0. The van der Waals surface area contributed by atoms with E-state index in [1.54, 1.807) is 13.0 Å². The molecule has 2 aromatic rings. The summed E-state index contributed by atoms with van der Waals surface area (Å²) in [6.45, 7) is 7.61. The third kappa shape index (κ3) is 3.36. The topological polar surface area (TPSA) is 46.2 Å². The molecular weight excluding hydrogens is 362 g/mol. The van der Waals surface area contributed by atoms with E-state index in [0.29, 0.717) is 10.6 Å². The van der Waals surface area contributed by atoms with Crippen molar-refractivity contribution in [3.8, 4) is 0 Å². The normalized spacial score (nSPS) is 11.5. The van der Waals surface area contributed by atoms with Gasteiger partial charge in [0, 0.05) is 4.47 Å². The highest BCUT2D eigenvalue weighted by molar-refractivity contribution is 9.10. The highest BCUT2D eigenvalue weighted by Gasteiger charge is 2.20. The first-order valence-electron chi connectivity index (χ1n) is 7.14. The number of nitrogens with one attached hydrogen (secondary N) is 1. The summed E-state index contributed by atoms with van der Waals surface area (Å²) in [5, 5.41) is 0. The van der Waals surface area contributed by atoms with Crippen molar-refractivity contribution in [2.75, 3.05) is 4.72 Å². The van der Waals surface area contributed by atoms with Crippen LogP contribution in [0.2, 0.25) is 0 Å². The van der Waals surface area contributed by atoms with Crippen LogP contribution in [0.25, 0.3) is 0 Å². The molecule has 0 aromatic heterocycles. The van der Waals surface area contributed by atoms with Crippen molar-refractivity contribution in [1.29, 1.82) is 0 Å². The van der Waals surface area contributed by atoms with Gasteiger partial charge in [0.15, 0.2) is 0 Å². The van der Waals surface area contributed by atoms with Gasteiger partial charge in [-0.25, -0.2) is 8.42 Å². The number of rotatable bonds is 4. The molecule has 0 heterocycles. The van der Waals surface area contributed by atoms with E-state index in [9.17, 15) is 8.42 Å². The Kier molecular flexibility index (Phi) is 4.97. The van der Waals surface area contributed by atoms with Crippen molar-refractivity contribution in [2.24, 2.45) is 0 Å². The summed E-state index contributed by atoms with van der Waals surface area (Å²) >= 11 is 3.43. The third-order valence-corrected chi connectivity index (χ3v) is 6.07. The van der Waals surface area contributed by atoms with Gasteiger partial charge in [-0.1, -0.05) is 41.1 Å². The van der Waals surface area contributed by atoms with Crippen LogP contribution in [0, 0.1) is 20.8 Å². The smallest absolute Gasteiger partial charge is 0.262 e. The van der Waals surface area contributed by atoms with Crippen LogP contribution in [0.3, 0.4) is 0 Å². The van der Waals surface area contributed by atoms with E-state index in [4.69, 9.17) is 0 Å². The number of hydrogen-bond acceptors (Lipinski definition) is 2. The zero-order chi connectivity index (χ0) is 16.5. The van der Waals surface area contributed by atoms with Crippen LogP contribution in [-0.4, -0.2) is 8.42 Å². The molecule has 0 atom stereocenters. The summed E-state index contributed by atoms with van der Waals surface area (Å²) in [5.74, 6) is 0. The fourth-order valence-electron chi connectivity index (χ4n) is 2.40. The van der Waals surface area contributed by atoms with Gasteiger partial charge in [0.1, 0.15) is 0 Å². The van der Waals surface area contributed by atoms with Gasteiger partial charge in [-0.3, -0.25) is 4.72 Å². The van der Waals surface area contributed by atoms with Gasteiger partial charge in [-0.15, -0.1) is 0 Å². The second-order valence-electron chi connectivity index (χ2n) is 5.43. The fraction of sp³-hybridized carbons (Fsp3) is 0.294. The Balaban J connectivity index is 2.52. The molecule has 0 aliphatic heterocycles.